The minimum Gasteiger partial charge on any atom is -0.361 e. The summed E-state index contributed by atoms with van der Waals surface area (Å²) in [5.41, 5.74) is -0.0486. The smallest absolute Gasteiger partial charge is 0.361 e. The van der Waals surface area contributed by atoms with Gasteiger partial charge in [-0.25, -0.2) is 9.37 Å². The Labute approximate surface area is 269 Å². The van der Waals surface area contributed by atoms with Crippen LogP contribution in [0.5, 0.6) is 0 Å². The lowest BCUT2D eigenvalue weighted by Crippen LogP contribution is -2.22. The zero-order chi connectivity index (χ0) is 33.4. The number of benzene rings is 1. The number of ether oxygens (including phenoxy) is 2. The molecule has 13 heteroatoms. The van der Waals surface area contributed by atoms with E-state index in [-0.39, 0.29) is 30.5 Å². The quantitative estimate of drug-likeness (QED) is 0.0579. The number of imidazole rings is 1. The zero-order valence-corrected chi connectivity index (χ0v) is 29.3. The monoisotopic (exact) mass is 674 g/mol. The maximum atomic E-state index is 16.1. The lowest BCUT2D eigenvalue weighted by molar-refractivity contribution is -0.137. The number of hydrogen-bond donors (Lipinski definition) is 0. The van der Waals surface area contributed by atoms with E-state index in [4.69, 9.17) is 14.5 Å². The summed E-state index contributed by atoms with van der Waals surface area (Å²) in [4.78, 5) is 22.8. The lowest BCUT2D eigenvalue weighted by atomic mass is 9.99. The molecule has 0 saturated heterocycles. The number of ketones is 1. The van der Waals surface area contributed by atoms with Crippen LogP contribution in [0.4, 0.5) is 17.6 Å². The molecule has 7 nitrogen and oxygen atoms in total. The topological polar surface area (TPSA) is 71.2 Å². The van der Waals surface area contributed by atoms with E-state index in [1.807, 2.05) is 0 Å². The summed E-state index contributed by atoms with van der Waals surface area (Å²) in [6.45, 7) is 14.4. The maximum absolute atomic E-state index is 16.1. The number of carbonyl (C=O) groups excluding carboxylic acids is 1. The summed E-state index contributed by atoms with van der Waals surface area (Å²) in [5.74, 6) is -0.862. The highest BCUT2D eigenvalue weighted by Crippen LogP contribution is 2.42. The van der Waals surface area contributed by atoms with E-state index in [0.717, 1.165) is 31.0 Å². The maximum Gasteiger partial charge on any atom is 0.417 e. The molecule has 248 valence electrons. The molecule has 4 aromatic rings. The van der Waals surface area contributed by atoms with Gasteiger partial charge in [-0.1, -0.05) is 57.5 Å². The first-order chi connectivity index (χ1) is 21.5. The van der Waals surface area contributed by atoms with Gasteiger partial charge in [-0.15, -0.1) is 0 Å². The molecule has 0 unspecified atom stereocenters. The van der Waals surface area contributed by atoms with E-state index in [0.29, 0.717) is 35.9 Å². The zero-order valence-electron chi connectivity index (χ0n) is 27.3. The van der Waals surface area contributed by atoms with Crippen LogP contribution >= 0.6 is 0 Å². The van der Waals surface area contributed by atoms with Crippen molar-refractivity contribution in [1.29, 1.82) is 0 Å². The van der Waals surface area contributed by atoms with Gasteiger partial charge in [-0.05, 0) is 37.1 Å². The fourth-order valence-electron chi connectivity index (χ4n) is 5.15. The largest absolute Gasteiger partial charge is 0.417 e. The first-order valence-electron chi connectivity index (χ1n) is 15.6. The van der Waals surface area contributed by atoms with E-state index < -0.39 is 45.1 Å². The molecular formula is C33H42F4N4O3Si2. The molecule has 0 amide bonds. The molecular weight excluding hydrogens is 633 g/mol. The minimum atomic E-state index is -4.71. The molecule has 0 spiro atoms. The van der Waals surface area contributed by atoms with Gasteiger partial charge in [0.2, 0.25) is 0 Å². The van der Waals surface area contributed by atoms with Crippen molar-refractivity contribution in [2.24, 2.45) is 0 Å². The highest BCUT2D eigenvalue weighted by atomic mass is 28.3. The molecule has 5 rings (SSSR count). The molecule has 0 radical (unpaired) electrons. The Bertz CT molecular complexity index is 1720. The van der Waals surface area contributed by atoms with Crippen LogP contribution in [-0.4, -0.2) is 54.2 Å². The first kappa shape index (κ1) is 34.2. The van der Waals surface area contributed by atoms with Gasteiger partial charge in [0, 0.05) is 52.6 Å². The summed E-state index contributed by atoms with van der Waals surface area (Å²) in [6.07, 6.45) is 0.0662. The summed E-state index contributed by atoms with van der Waals surface area (Å²) in [5, 5.41) is 0. The summed E-state index contributed by atoms with van der Waals surface area (Å²) >= 11 is 0. The van der Waals surface area contributed by atoms with Crippen molar-refractivity contribution in [2.45, 2.75) is 89.8 Å². The summed E-state index contributed by atoms with van der Waals surface area (Å²) in [7, 11) is -2.81. The second-order valence-corrected chi connectivity index (χ2v) is 25.7. The Morgan fingerprint density at radius 3 is 2.22 bits per heavy atom. The van der Waals surface area contributed by atoms with Crippen molar-refractivity contribution < 1.29 is 31.8 Å². The average molecular weight is 675 g/mol. The number of nitrogens with zero attached hydrogens (tertiary/aromatic N) is 4. The number of fused-ring (bicyclic) bond motifs is 1. The van der Waals surface area contributed by atoms with Gasteiger partial charge < -0.3 is 14.0 Å². The molecule has 1 aliphatic carbocycles. The van der Waals surface area contributed by atoms with Gasteiger partial charge in [0.15, 0.2) is 17.4 Å². The lowest BCUT2D eigenvalue weighted by Gasteiger charge is -2.18. The number of pyridine rings is 1. The molecule has 1 saturated carbocycles. The third-order valence-corrected chi connectivity index (χ3v) is 11.4. The van der Waals surface area contributed by atoms with E-state index in [9.17, 15) is 18.0 Å². The van der Waals surface area contributed by atoms with E-state index in [1.54, 1.807) is 15.3 Å². The van der Waals surface area contributed by atoms with Crippen LogP contribution in [0.15, 0.2) is 42.7 Å². The highest BCUT2D eigenvalue weighted by molar-refractivity contribution is 6.76. The number of hydrogen-bond acceptors (Lipinski definition) is 5. The number of aromatic nitrogens is 4. The first-order valence-corrected chi connectivity index (χ1v) is 23.1. The van der Waals surface area contributed by atoms with Gasteiger partial charge in [-0.2, -0.15) is 13.2 Å². The van der Waals surface area contributed by atoms with Crippen LogP contribution in [0, 0.1) is 5.82 Å². The van der Waals surface area contributed by atoms with Crippen molar-refractivity contribution in [1.82, 2.24) is 19.1 Å². The molecule has 3 heterocycles. The fourth-order valence-corrected chi connectivity index (χ4v) is 6.67. The molecule has 1 aliphatic rings. The second-order valence-electron chi connectivity index (χ2n) is 14.5. The van der Waals surface area contributed by atoms with Crippen molar-refractivity contribution >= 4 is 33.0 Å². The van der Waals surface area contributed by atoms with Gasteiger partial charge in [-0.3, -0.25) is 14.3 Å². The molecule has 1 aromatic carbocycles. The number of alkyl halides is 3. The fraction of sp³-hybridized carbons (Fsp3) is 0.485. The highest BCUT2D eigenvalue weighted by Gasteiger charge is 2.36. The predicted octanol–water partition coefficient (Wildman–Crippen LogP) is 8.79. The SMILES string of the molecule is C[Si](C)(C)CCOCn1cc(C(=O)c2ccccc2C(F)(F)F)cc1-c1nc2cnc(C3CC3)c(F)c2n1COCC[Si](C)(C)C. The Morgan fingerprint density at radius 1 is 0.978 bits per heavy atom. The molecule has 0 bridgehead atoms. The van der Waals surface area contributed by atoms with Gasteiger partial charge in [0.1, 0.15) is 24.5 Å². The average Bonchev–Trinajstić information content (AvgIpc) is 3.61. The Morgan fingerprint density at radius 2 is 1.61 bits per heavy atom. The van der Waals surface area contributed by atoms with Gasteiger partial charge in [0.05, 0.1) is 23.1 Å². The van der Waals surface area contributed by atoms with E-state index in [2.05, 4.69) is 44.3 Å². The van der Waals surface area contributed by atoms with Crippen LogP contribution in [0.1, 0.15) is 45.9 Å². The van der Waals surface area contributed by atoms with Crippen molar-refractivity contribution in [2.75, 3.05) is 13.2 Å². The molecule has 0 atom stereocenters. The molecule has 3 aromatic heterocycles. The summed E-state index contributed by atoms with van der Waals surface area (Å²) in [6, 6.07) is 8.05. The number of carbonyl (C=O) groups is 1. The normalized spacial score (nSPS) is 14.4. The Hall–Kier alpha value is -3.14. The third kappa shape index (κ3) is 8.04. The van der Waals surface area contributed by atoms with Crippen LogP contribution in [0.3, 0.4) is 0 Å². The number of halogens is 4. The Balaban J connectivity index is 1.60. The molecule has 1 fully saturated rings. The third-order valence-electron chi connectivity index (χ3n) is 8.03. The number of rotatable bonds is 14. The van der Waals surface area contributed by atoms with Gasteiger partial charge in [0.25, 0.3) is 0 Å². The minimum absolute atomic E-state index is 0.00318. The van der Waals surface area contributed by atoms with Crippen LogP contribution in [-0.2, 0) is 29.1 Å². The molecule has 46 heavy (non-hydrogen) atoms. The van der Waals surface area contributed by atoms with Crippen LogP contribution < -0.4 is 0 Å². The molecule has 0 aliphatic heterocycles. The van der Waals surface area contributed by atoms with Crippen LogP contribution in [0.25, 0.3) is 22.6 Å². The molecule has 0 N–H and O–H groups in total. The van der Waals surface area contributed by atoms with Crippen molar-refractivity contribution in [3.63, 3.8) is 0 Å². The van der Waals surface area contributed by atoms with Crippen molar-refractivity contribution in [3.8, 4) is 11.5 Å². The van der Waals surface area contributed by atoms with E-state index >= 15 is 4.39 Å². The Kier molecular flexibility index (Phi) is 9.79. The van der Waals surface area contributed by atoms with Crippen molar-refractivity contribution in [3.05, 3.63) is 70.9 Å². The van der Waals surface area contributed by atoms with Gasteiger partial charge >= 0.3 is 6.18 Å². The summed E-state index contributed by atoms with van der Waals surface area (Å²) < 4.78 is 73.1. The van der Waals surface area contributed by atoms with Crippen LogP contribution in [0.2, 0.25) is 51.4 Å². The standard InChI is InChI=1S/C33H42F4N4O3Si2/c1-45(2,3)15-13-43-20-40-19-23(31(42)24-9-7-8-10-25(24)33(35,36)37)17-27(40)32-39-26-18-38-29(22-11-12-22)28(34)30(26)41(32)21-44-14-16-46(4,5)6/h7-10,17-19,22H,11-16,20-21H2,1-6H3. The predicted molar refractivity (Wildman–Crippen MR) is 176 cm³/mol. The van der Waals surface area contributed by atoms with E-state index in [1.165, 1.54) is 30.5 Å². The second kappa shape index (κ2) is 13.2.